The minimum atomic E-state index is 0.0638. The minimum absolute atomic E-state index is 0.0638. The van der Waals surface area contributed by atoms with E-state index in [4.69, 9.17) is 5.11 Å². The van der Waals surface area contributed by atoms with E-state index in [1.807, 2.05) is 24.1 Å². The van der Waals surface area contributed by atoms with E-state index in [-0.39, 0.29) is 12.5 Å². The van der Waals surface area contributed by atoms with Gasteiger partial charge in [-0.1, -0.05) is 25.7 Å². The van der Waals surface area contributed by atoms with Crippen LogP contribution in [0.1, 0.15) is 47.7 Å². The molecule has 0 bridgehead atoms. The van der Waals surface area contributed by atoms with Crippen LogP contribution in [0.15, 0.2) is 12.1 Å². The van der Waals surface area contributed by atoms with Crippen molar-refractivity contribution in [3.63, 3.8) is 0 Å². The summed E-state index contributed by atoms with van der Waals surface area (Å²) < 4.78 is 0. The Morgan fingerprint density at radius 1 is 1.42 bits per heavy atom. The van der Waals surface area contributed by atoms with Crippen LogP contribution in [0.3, 0.4) is 0 Å². The molecule has 1 N–H and O–H groups in total. The van der Waals surface area contributed by atoms with E-state index in [1.165, 1.54) is 11.3 Å². The van der Waals surface area contributed by atoms with Crippen molar-refractivity contribution in [1.29, 1.82) is 0 Å². The molecule has 0 aliphatic heterocycles. The van der Waals surface area contributed by atoms with Gasteiger partial charge in [0.05, 0.1) is 16.4 Å². The van der Waals surface area contributed by atoms with Gasteiger partial charge in [-0.15, -0.1) is 11.3 Å². The predicted molar refractivity (Wildman–Crippen MR) is 79.4 cm³/mol. The standard InChI is InChI=1S/C15H21NO2S/c1-4-12(5-2)16(3)15(18)14-10-9-13(19-14)8-6-7-11-17/h9-10,12,17H,4-5,7,11H2,1-3H3. The van der Waals surface area contributed by atoms with Gasteiger partial charge in [0.1, 0.15) is 0 Å². The molecule has 0 saturated heterocycles. The van der Waals surface area contributed by atoms with Gasteiger partial charge in [0.15, 0.2) is 0 Å². The molecule has 0 atom stereocenters. The van der Waals surface area contributed by atoms with Gasteiger partial charge in [0.25, 0.3) is 5.91 Å². The molecule has 0 fully saturated rings. The summed E-state index contributed by atoms with van der Waals surface area (Å²) in [4.78, 5) is 15.7. The summed E-state index contributed by atoms with van der Waals surface area (Å²) in [5.74, 6) is 5.88. The van der Waals surface area contributed by atoms with E-state index >= 15 is 0 Å². The van der Waals surface area contributed by atoms with Crippen LogP contribution in [-0.2, 0) is 0 Å². The Labute approximate surface area is 119 Å². The fraction of sp³-hybridized carbons (Fsp3) is 0.533. The van der Waals surface area contributed by atoms with Crippen molar-refractivity contribution >= 4 is 17.2 Å². The second-order valence-electron chi connectivity index (χ2n) is 4.33. The summed E-state index contributed by atoms with van der Waals surface area (Å²) >= 11 is 1.41. The first kappa shape index (κ1) is 15.7. The Morgan fingerprint density at radius 3 is 2.68 bits per heavy atom. The van der Waals surface area contributed by atoms with Crippen LogP contribution in [0.2, 0.25) is 0 Å². The molecular weight excluding hydrogens is 258 g/mol. The number of rotatable bonds is 5. The topological polar surface area (TPSA) is 40.5 Å². The Kier molecular flexibility index (Phi) is 6.61. The molecule has 1 aromatic rings. The number of hydrogen-bond donors (Lipinski definition) is 1. The van der Waals surface area contributed by atoms with Gasteiger partial charge < -0.3 is 10.0 Å². The Morgan fingerprint density at radius 2 is 2.11 bits per heavy atom. The molecule has 0 unspecified atom stereocenters. The van der Waals surface area contributed by atoms with Crippen LogP contribution in [0.4, 0.5) is 0 Å². The average molecular weight is 279 g/mol. The lowest BCUT2D eigenvalue weighted by atomic mass is 10.1. The van der Waals surface area contributed by atoms with Crippen LogP contribution in [-0.4, -0.2) is 35.6 Å². The first-order chi connectivity index (χ1) is 9.13. The zero-order valence-corrected chi connectivity index (χ0v) is 12.6. The third-order valence-corrected chi connectivity index (χ3v) is 4.06. The molecule has 0 radical (unpaired) electrons. The van der Waals surface area contributed by atoms with Crippen LogP contribution in [0, 0.1) is 11.8 Å². The van der Waals surface area contributed by atoms with Gasteiger partial charge in [-0.25, -0.2) is 0 Å². The van der Waals surface area contributed by atoms with Crippen LogP contribution >= 0.6 is 11.3 Å². The summed E-state index contributed by atoms with van der Waals surface area (Å²) in [5, 5.41) is 8.67. The summed E-state index contributed by atoms with van der Waals surface area (Å²) in [5.41, 5.74) is 0. The molecule has 4 heteroatoms. The molecule has 0 saturated carbocycles. The summed E-state index contributed by atoms with van der Waals surface area (Å²) in [6.45, 7) is 4.26. The van der Waals surface area contributed by atoms with Crippen molar-refractivity contribution in [1.82, 2.24) is 4.90 Å². The lowest BCUT2D eigenvalue weighted by Crippen LogP contribution is -2.35. The van der Waals surface area contributed by atoms with Crippen molar-refractivity contribution in [2.45, 2.75) is 39.2 Å². The molecule has 1 heterocycles. The fourth-order valence-corrected chi connectivity index (χ4v) is 2.77. The number of aliphatic hydroxyl groups excluding tert-OH is 1. The van der Waals surface area contributed by atoms with Crippen molar-refractivity contribution in [3.05, 3.63) is 21.9 Å². The monoisotopic (exact) mass is 279 g/mol. The predicted octanol–water partition coefficient (Wildman–Crippen LogP) is 2.74. The number of thiophene rings is 1. The zero-order valence-electron chi connectivity index (χ0n) is 11.8. The zero-order chi connectivity index (χ0) is 14.3. The number of nitrogens with zero attached hydrogens (tertiary/aromatic N) is 1. The van der Waals surface area contributed by atoms with E-state index in [0.29, 0.717) is 12.5 Å². The third-order valence-electron chi connectivity index (χ3n) is 3.08. The molecule has 1 amide bonds. The van der Waals surface area contributed by atoms with E-state index < -0.39 is 0 Å². The maximum atomic E-state index is 12.3. The average Bonchev–Trinajstić information content (AvgIpc) is 2.88. The number of carbonyl (C=O) groups is 1. The minimum Gasteiger partial charge on any atom is -0.395 e. The fourth-order valence-electron chi connectivity index (χ4n) is 1.90. The van der Waals surface area contributed by atoms with E-state index in [1.54, 1.807) is 0 Å². The smallest absolute Gasteiger partial charge is 0.263 e. The lowest BCUT2D eigenvalue weighted by Gasteiger charge is -2.25. The number of carbonyl (C=O) groups excluding carboxylic acids is 1. The van der Waals surface area contributed by atoms with Crippen LogP contribution in [0.25, 0.3) is 0 Å². The van der Waals surface area contributed by atoms with Crippen molar-refractivity contribution in [3.8, 4) is 11.8 Å². The normalized spacial score (nSPS) is 10.2. The Bertz CT molecular complexity index is 466. The lowest BCUT2D eigenvalue weighted by molar-refractivity contribution is 0.0728. The molecule has 0 aliphatic carbocycles. The van der Waals surface area contributed by atoms with Crippen molar-refractivity contribution in [2.75, 3.05) is 13.7 Å². The first-order valence-corrected chi connectivity index (χ1v) is 7.42. The molecule has 104 valence electrons. The van der Waals surface area contributed by atoms with Crippen molar-refractivity contribution in [2.24, 2.45) is 0 Å². The van der Waals surface area contributed by atoms with Gasteiger partial charge in [-0.2, -0.15) is 0 Å². The third kappa shape index (κ3) is 4.38. The molecule has 3 nitrogen and oxygen atoms in total. The highest BCUT2D eigenvalue weighted by molar-refractivity contribution is 7.14. The van der Waals surface area contributed by atoms with Gasteiger partial charge in [-0.05, 0) is 25.0 Å². The Balaban J connectivity index is 2.76. The molecule has 1 rings (SSSR count). The summed E-state index contributed by atoms with van der Waals surface area (Å²) in [6, 6.07) is 3.98. The SMILES string of the molecule is CCC(CC)N(C)C(=O)c1ccc(C#CCCO)s1. The highest BCUT2D eigenvalue weighted by Crippen LogP contribution is 2.19. The van der Waals surface area contributed by atoms with Crippen LogP contribution < -0.4 is 0 Å². The quantitative estimate of drug-likeness (QED) is 0.842. The summed E-state index contributed by atoms with van der Waals surface area (Å²) in [7, 11) is 1.86. The molecule has 19 heavy (non-hydrogen) atoms. The van der Waals surface area contributed by atoms with Gasteiger partial charge in [-0.3, -0.25) is 4.79 Å². The molecular formula is C15H21NO2S. The van der Waals surface area contributed by atoms with Gasteiger partial charge >= 0.3 is 0 Å². The van der Waals surface area contributed by atoms with Gasteiger partial charge in [0.2, 0.25) is 0 Å². The second-order valence-corrected chi connectivity index (χ2v) is 5.41. The molecule has 0 aromatic carbocycles. The highest BCUT2D eigenvalue weighted by atomic mass is 32.1. The second kappa shape index (κ2) is 7.98. The largest absolute Gasteiger partial charge is 0.395 e. The first-order valence-electron chi connectivity index (χ1n) is 6.60. The molecule has 0 spiro atoms. The van der Waals surface area contributed by atoms with E-state index in [9.17, 15) is 4.79 Å². The molecule has 1 aromatic heterocycles. The number of hydrogen-bond acceptors (Lipinski definition) is 3. The number of amides is 1. The van der Waals surface area contributed by atoms with E-state index in [0.717, 1.165) is 22.6 Å². The highest BCUT2D eigenvalue weighted by Gasteiger charge is 2.19. The van der Waals surface area contributed by atoms with E-state index in [2.05, 4.69) is 25.7 Å². The van der Waals surface area contributed by atoms with Crippen molar-refractivity contribution < 1.29 is 9.90 Å². The van der Waals surface area contributed by atoms with Crippen LogP contribution in [0.5, 0.6) is 0 Å². The summed E-state index contributed by atoms with van der Waals surface area (Å²) in [6.07, 6.45) is 2.40. The Hall–Kier alpha value is -1.31. The number of aliphatic hydroxyl groups is 1. The van der Waals surface area contributed by atoms with Gasteiger partial charge in [0, 0.05) is 19.5 Å². The maximum absolute atomic E-state index is 12.3. The molecule has 0 aliphatic rings. The maximum Gasteiger partial charge on any atom is 0.263 e.